The highest BCUT2D eigenvalue weighted by molar-refractivity contribution is 5.71. The van der Waals surface area contributed by atoms with Crippen molar-refractivity contribution in [2.75, 3.05) is 20.6 Å². The van der Waals surface area contributed by atoms with Crippen molar-refractivity contribution in [3.8, 4) is 0 Å². The number of aliphatic hydroxyl groups excluding tert-OH is 1. The van der Waals surface area contributed by atoms with Gasteiger partial charge < -0.3 is 19.3 Å². The molecular weight excluding hydrogens is 310 g/mol. The van der Waals surface area contributed by atoms with E-state index in [0.29, 0.717) is 12.8 Å². The van der Waals surface area contributed by atoms with Crippen LogP contribution in [0.4, 0.5) is 0 Å². The smallest absolute Gasteiger partial charge is 0.320 e. The van der Waals surface area contributed by atoms with Crippen LogP contribution < -0.4 is 0 Å². The molecule has 1 aliphatic rings. The summed E-state index contributed by atoms with van der Waals surface area (Å²) in [4.78, 5) is 13.4. The maximum atomic E-state index is 11.6. The van der Waals surface area contributed by atoms with Crippen molar-refractivity contribution in [1.29, 1.82) is 0 Å². The summed E-state index contributed by atoms with van der Waals surface area (Å²) >= 11 is 0. The van der Waals surface area contributed by atoms with Gasteiger partial charge in [0, 0.05) is 12.8 Å². The Morgan fingerprint density at radius 2 is 1.96 bits per heavy atom. The Kier molecular flexibility index (Phi) is 9.81. The van der Waals surface area contributed by atoms with Crippen molar-refractivity contribution in [1.82, 2.24) is 4.90 Å². The molecule has 0 spiro atoms. The minimum Gasteiger partial charge on any atom is -0.462 e. The van der Waals surface area contributed by atoms with Gasteiger partial charge in [0.25, 0.3) is 0 Å². The molecule has 1 rings (SSSR count). The Hall–Kier alpha value is -0.690. The van der Waals surface area contributed by atoms with Gasteiger partial charge in [0.2, 0.25) is 0 Å². The molecule has 1 N–H and O–H groups in total. The van der Waals surface area contributed by atoms with Crippen LogP contribution in [0.1, 0.15) is 59.3 Å². The second kappa shape index (κ2) is 11.0. The molecule has 142 valence electrons. The Labute approximate surface area is 146 Å². The maximum Gasteiger partial charge on any atom is 0.320 e. The number of carbonyl (C=O) groups excluding carboxylic acids is 1. The highest BCUT2D eigenvalue weighted by atomic mass is 16.7. The summed E-state index contributed by atoms with van der Waals surface area (Å²) in [7, 11) is 3.64. The van der Waals surface area contributed by atoms with E-state index in [1.807, 2.05) is 21.0 Å². The van der Waals surface area contributed by atoms with E-state index in [4.69, 9.17) is 14.2 Å². The van der Waals surface area contributed by atoms with Crippen LogP contribution in [0.25, 0.3) is 0 Å². The number of hydrogen-bond acceptors (Lipinski definition) is 6. The number of ether oxygens (including phenoxy) is 3. The van der Waals surface area contributed by atoms with E-state index in [1.54, 1.807) is 4.90 Å². The van der Waals surface area contributed by atoms with E-state index in [-0.39, 0.29) is 37.1 Å². The molecule has 5 unspecified atom stereocenters. The number of likely N-dealkylation sites (N-methyl/N-ethyl adjacent to an activating group) is 1. The lowest BCUT2D eigenvalue weighted by molar-refractivity contribution is -0.249. The second-order valence-electron chi connectivity index (χ2n) is 7.04. The van der Waals surface area contributed by atoms with E-state index < -0.39 is 6.10 Å². The highest BCUT2D eigenvalue weighted by Gasteiger charge is 2.30. The van der Waals surface area contributed by atoms with Crippen LogP contribution in [0, 0.1) is 0 Å². The molecule has 0 aromatic heterocycles. The van der Waals surface area contributed by atoms with Crippen LogP contribution in [0.5, 0.6) is 0 Å². The average Bonchev–Trinajstić information content (AvgIpc) is 2.45. The molecule has 0 amide bonds. The average molecular weight is 345 g/mol. The number of hydrogen-bond donors (Lipinski definition) is 1. The standard InChI is InChI=1S/C18H35NO5/c1-6-8-18-23-15(7-2)11-16(24-18)10-14(20)9-13(3)22-17(21)12-19(4)5/h13-16,18,20H,6-12H2,1-5H3. The quantitative estimate of drug-likeness (QED) is 0.613. The van der Waals surface area contributed by atoms with E-state index >= 15 is 0 Å². The van der Waals surface area contributed by atoms with Gasteiger partial charge >= 0.3 is 5.97 Å². The minimum absolute atomic E-state index is 0.0000679. The first-order chi connectivity index (χ1) is 11.3. The maximum absolute atomic E-state index is 11.6. The van der Waals surface area contributed by atoms with Gasteiger partial charge in [-0.3, -0.25) is 9.69 Å². The summed E-state index contributed by atoms with van der Waals surface area (Å²) < 4.78 is 17.1. The van der Waals surface area contributed by atoms with Crippen molar-refractivity contribution < 1.29 is 24.1 Å². The van der Waals surface area contributed by atoms with Crippen molar-refractivity contribution in [2.24, 2.45) is 0 Å². The summed E-state index contributed by atoms with van der Waals surface area (Å²) in [6, 6.07) is 0. The van der Waals surface area contributed by atoms with Crippen LogP contribution in [-0.4, -0.2) is 67.3 Å². The van der Waals surface area contributed by atoms with Crippen LogP contribution >= 0.6 is 0 Å². The van der Waals surface area contributed by atoms with Gasteiger partial charge in [-0.15, -0.1) is 0 Å². The Balaban J connectivity index is 2.39. The van der Waals surface area contributed by atoms with Crippen LogP contribution in [0.3, 0.4) is 0 Å². The fraction of sp³-hybridized carbons (Fsp3) is 0.944. The lowest BCUT2D eigenvalue weighted by Crippen LogP contribution is -2.40. The Bertz CT molecular complexity index is 363. The third kappa shape index (κ3) is 8.42. The van der Waals surface area contributed by atoms with Crippen molar-refractivity contribution >= 4 is 5.97 Å². The molecule has 0 aromatic carbocycles. The predicted molar refractivity (Wildman–Crippen MR) is 92.7 cm³/mol. The molecule has 0 aromatic rings. The molecule has 1 saturated heterocycles. The predicted octanol–water partition coefficient (Wildman–Crippen LogP) is 2.33. The zero-order valence-electron chi connectivity index (χ0n) is 15.9. The Morgan fingerprint density at radius 3 is 2.54 bits per heavy atom. The second-order valence-corrected chi connectivity index (χ2v) is 7.04. The molecular formula is C18H35NO5. The van der Waals surface area contributed by atoms with Gasteiger partial charge in [0.15, 0.2) is 6.29 Å². The summed E-state index contributed by atoms with van der Waals surface area (Å²) in [5.41, 5.74) is 0. The Morgan fingerprint density at radius 1 is 1.29 bits per heavy atom. The minimum atomic E-state index is -0.546. The summed E-state index contributed by atoms with van der Waals surface area (Å²) in [6.45, 7) is 6.28. The molecule has 0 radical (unpaired) electrons. The zero-order valence-corrected chi connectivity index (χ0v) is 15.9. The zero-order chi connectivity index (χ0) is 18.1. The topological polar surface area (TPSA) is 68.2 Å². The monoisotopic (exact) mass is 345 g/mol. The van der Waals surface area contributed by atoms with Crippen molar-refractivity contribution in [3.63, 3.8) is 0 Å². The third-order valence-electron chi connectivity index (χ3n) is 4.11. The van der Waals surface area contributed by atoms with Gasteiger partial charge in [-0.25, -0.2) is 0 Å². The molecule has 6 nitrogen and oxygen atoms in total. The van der Waals surface area contributed by atoms with Gasteiger partial charge in [-0.2, -0.15) is 0 Å². The van der Waals surface area contributed by atoms with Gasteiger partial charge in [-0.05, 0) is 40.3 Å². The van der Waals surface area contributed by atoms with E-state index in [1.165, 1.54) is 0 Å². The lowest BCUT2D eigenvalue weighted by atomic mass is 9.99. The molecule has 6 heteroatoms. The molecule has 0 bridgehead atoms. The summed E-state index contributed by atoms with van der Waals surface area (Å²) in [5, 5.41) is 10.3. The van der Waals surface area contributed by atoms with Gasteiger partial charge in [0.05, 0.1) is 24.9 Å². The van der Waals surface area contributed by atoms with Crippen molar-refractivity contribution in [3.05, 3.63) is 0 Å². The van der Waals surface area contributed by atoms with Crippen LogP contribution in [0.2, 0.25) is 0 Å². The molecule has 0 aliphatic carbocycles. The highest BCUT2D eigenvalue weighted by Crippen LogP contribution is 2.26. The first-order valence-corrected chi connectivity index (χ1v) is 9.17. The summed E-state index contributed by atoms with van der Waals surface area (Å²) in [5.74, 6) is -0.268. The largest absolute Gasteiger partial charge is 0.462 e. The van der Waals surface area contributed by atoms with E-state index in [9.17, 15) is 9.90 Å². The number of nitrogens with zero attached hydrogens (tertiary/aromatic N) is 1. The number of esters is 1. The van der Waals surface area contributed by atoms with E-state index in [0.717, 1.165) is 25.7 Å². The fourth-order valence-corrected chi connectivity index (χ4v) is 3.00. The molecule has 1 fully saturated rings. The SMILES string of the molecule is CCCC1OC(CC)CC(CC(O)CC(C)OC(=O)CN(C)C)O1. The number of aliphatic hydroxyl groups is 1. The van der Waals surface area contributed by atoms with Crippen molar-refractivity contribution in [2.45, 2.75) is 90.0 Å². The third-order valence-corrected chi connectivity index (χ3v) is 4.11. The molecule has 1 aliphatic heterocycles. The fourth-order valence-electron chi connectivity index (χ4n) is 3.00. The normalized spacial score (nSPS) is 27.0. The summed E-state index contributed by atoms with van der Waals surface area (Å²) in [6.07, 6.45) is 3.80. The van der Waals surface area contributed by atoms with Crippen LogP contribution in [-0.2, 0) is 19.0 Å². The first kappa shape index (κ1) is 21.4. The lowest BCUT2D eigenvalue weighted by Gasteiger charge is -2.36. The van der Waals surface area contributed by atoms with Crippen LogP contribution in [0.15, 0.2) is 0 Å². The first-order valence-electron chi connectivity index (χ1n) is 9.17. The van der Waals surface area contributed by atoms with E-state index in [2.05, 4.69) is 13.8 Å². The molecule has 0 saturated carbocycles. The molecule has 24 heavy (non-hydrogen) atoms. The number of rotatable bonds is 10. The molecule has 1 heterocycles. The molecule has 5 atom stereocenters. The van der Waals surface area contributed by atoms with Gasteiger partial charge in [-0.1, -0.05) is 20.3 Å². The number of carbonyl (C=O) groups is 1. The van der Waals surface area contributed by atoms with Gasteiger partial charge in [0.1, 0.15) is 6.10 Å².